The number of amides is 1. The van der Waals surface area contributed by atoms with Gasteiger partial charge in [0, 0.05) is 17.7 Å². The van der Waals surface area contributed by atoms with Crippen molar-refractivity contribution in [2.45, 2.75) is 13.5 Å². The number of carbonyl (C=O) groups excluding carboxylic acids is 1. The third kappa shape index (κ3) is 2.99. The van der Waals surface area contributed by atoms with E-state index < -0.39 is 23.4 Å². The van der Waals surface area contributed by atoms with Gasteiger partial charge in [-0.1, -0.05) is 23.8 Å². The Morgan fingerprint density at radius 3 is 2.55 bits per heavy atom. The molecule has 0 radical (unpaired) electrons. The lowest BCUT2D eigenvalue weighted by atomic mass is 10.1. The van der Waals surface area contributed by atoms with Crippen LogP contribution in [0.1, 0.15) is 21.5 Å². The van der Waals surface area contributed by atoms with E-state index in [1.54, 1.807) is 18.2 Å². The smallest absolute Gasteiger partial charge is 0.251 e. The van der Waals surface area contributed by atoms with Crippen LogP contribution in [0.3, 0.4) is 0 Å². The monoisotopic (exact) mass is 279 g/mol. The molecule has 2 aromatic rings. The van der Waals surface area contributed by atoms with Gasteiger partial charge in [-0.25, -0.2) is 13.2 Å². The molecule has 2 aromatic carbocycles. The first-order valence-corrected chi connectivity index (χ1v) is 5.96. The zero-order chi connectivity index (χ0) is 14.7. The minimum Gasteiger partial charge on any atom is -0.348 e. The molecule has 2 rings (SSSR count). The topological polar surface area (TPSA) is 29.1 Å². The summed E-state index contributed by atoms with van der Waals surface area (Å²) in [6.45, 7) is 1.63. The molecule has 0 saturated carbocycles. The highest BCUT2D eigenvalue weighted by Gasteiger charge is 2.14. The minimum atomic E-state index is -1.53. The van der Waals surface area contributed by atoms with Crippen molar-refractivity contribution in [2.24, 2.45) is 0 Å². The van der Waals surface area contributed by atoms with Crippen LogP contribution >= 0.6 is 0 Å². The Kier molecular flexibility index (Phi) is 4.08. The van der Waals surface area contributed by atoms with E-state index in [1.165, 1.54) is 0 Å². The molecule has 0 heterocycles. The molecule has 104 valence electrons. The van der Waals surface area contributed by atoms with Crippen LogP contribution in [0.4, 0.5) is 13.2 Å². The van der Waals surface area contributed by atoms with Gasteiger partial charge in [0.25, 0.3) is 5.91 Å². The maximum atomic E-state index is 13.4. The Hall–Kier alpha value is -2.30. The van der Waals surface area contributed by atoms with Crippen LogP contribution in [0.15, 0.2) is 36.4 Å². The molecule has 1 N–H and O–H groups in total. The van der Waals surface area contributed by atoms with Gasteiger partial charge in [-0.15, -0.1) is 0 Å². The third-order valence-corrected chi connectivity index (χ3v) is 2.83. The quantitative estimate of drug-likeness (QED) is 0.858. The average Bonchev–Trinajstić information content (AvgIpc) is 2.44. The minimum absolute atomic E-state index is 0.107. The van der Waals surface area contributed by atoms with Crippen molar-refractivity contribution >= 4 is 5.91 Å². The van der Waals surface area contributed by atoms with E-state index >= 15 is 0 Å². The van der Waals surface area contributed by atoms with E-state index in [4.69, 9.17) is 0 Å². The number of rotatable bonds is 3. The largest absolute Gasteiger partial charge is 0.348 e. The first kappa shape index (κ1) is 14.1. The number of nitrogens with one attached hydrogen (secondary N) is 1. The van der Waals surface area contributed by atoms with Crippen molar-refractivity contribution in [3.63, 3.8) is 0 Å². The fraction of sp³-hybridized carbons (Fsp3) is 0.133. The molecule has 0 aliphatic rings. The molecule has 0 aromatic heterocycles. The Morgan fingerprint density at radius 2 is 1.85 bits per heavy atom. The van der Waals surface area contributed by atoms with Crippen LogP contribution in [-0.2, 0) is 6.54 Å². The number of carbonyl (C=O) groups is 1. The highest BCUT2D eigenvalue weighted by atomic mass is 19.2. The predicted octanol–water partition coefficient (Wildman–Crippen LogP) is 3.34. The third-order valence-electron chi connectivity index (χ3n) is 2.83. The summed E-state index contributed by atoms with van der Waals surface area (Å²) in [4.78, 5) is 11.8. The van der Waals surface area contributed by atoms with Gasteiger partial charge >= 0.3 is 0 Å². The lowest BCUT2D eigenvalue weighted by Gasteiger charge is -2.07. The van der Waals surface area contributed by atoms with Gasteiger partial charge in [0.2, 0.25) is 0 Å². The van der Waals surface area contributed by atoms with Crippen LogP contribution < -0.4 is 5.32 Å². The highest BCUT2D eigenvalue weighted by molar-refractivity contribution is 5.94. The number of benzene rings is 2. The number of hydrogen-bond donors (Lipinski definition) is 1. The summed E-state index contributed by atoms with van der Waals surface area (Å²) in [5.74, 6) is -4.48. The Bertz CT molecular complexity index is 656. The summed E-state index contributed by atoms with van der Waals surface area (Å²) in [6.07, 6.45) is 0. The first-order chi connectivity index (χ1) is 9.49. The molecule has 0 aliphatic carbocycles. The van der Waals surface area contributed by atoms with Gasteiger partial charge in [-0.3, -0.25) is 4.79 Å². The average molecular weight is 279 g/mol. The standard InChI is InChI=1S/C15H12F3NO/c1-9-3-2-4-10(7-9)15(20)19-8-11-5-6-12(16)14(18)13(11)17/h2-7H,8H2,1H3,(H,19,20). The predicted molar refractivity (Wildman–Crippen MR) is 68.7 cm³/mol. The Balaban J connectivity index is 2.09. The molecule has 2 nitrogen and oxygen atoms in total. The molecule has 0 fully saturated rings. The van der Waals surface area contributed by atoms with E-state index in [9.17, 15) is 18.0 Å². The summed E-state index contributed by atoms with van der Waals surface area (Å²) in [6, 6.07) is 8.78. The maximum absolute atomic E-state index is 13.4. The van der Waals surface area contributed by atoms with Crippen LogP contribution in [0, 0.1) is 24.4 Å². The zero-order valence-corrected chi connectivity index (χ0v) is 10.7. The van der Waals surface area contributed by atoms with Crippen LogP contribution in [-0.4, -0.2) is 5.91 Å². The van der Waals surface area contributed by atoms with E-state index in [0.717, 1.165) is 17.7 Å². The summed E-state index contributed by atoms with van der Waals surface area (Å²) in [5, 5.41) is 2.46. The molecule has 1 amide bonds. The lowest BCUT2D eigenvalue weighted by Crippen LogP contribution is -2.23. The molecule has 0 spiro atoms. The van der Waals surface area contributed by atoms with Crippen molar-refractivity contribution in [3.8, 4) is 0 Å². The summed E-state index contributed by atoms with van der Waals surface area (Å²) in [7, 11) is 0. The fourth-order valence-electron chi connectivity index (χ4n) is 1.77. The van der Waals surface area contributed by atoms with Crippen molar-refractivity contribution < 1.29 is 18.0 Å². The van der Waals surface area contributed by atoms with Crippen molar-refractivity contribution in [2.75, 3.05) is 0 Å². The molecule has 0 bridgehead atoms. The van der Waals surface area contributed by atoms with E-state index in [-0.39, 0.29) is 12.1 Å². The van der Waals surface area contributed by atoms with Gasteiger partial charge in [0.05, 0.1) is 0 Å². The van der Waals surface area contributed by atoms with Gasteiger partial charge in [0.1, 0.15) is 0 Å². The molecule has 20 heavy (non-hydrogen) atoms. The maximum Gasteiger partial charge on any atom is 0.251 e. The summed E-state index contributed by atoms with van der Waals surface area (Å²) < 4.78 is 39.2. The Labute approximate surface area is 114 Å². The van der Waals surface area contributed by atoms with Crippen LogP contribution in [0.25, 0.3) is 0 Å². The van der Waals surface area contributed by atoms with Gasteiger partial charge in [-0.05, 0) is 25.1 Å². The van der Waals surface area contributed by atoms with Gasteiger partial charge in [0.15, 0.2) is 17.5 Å². The molecular formula is C15H12F3NO. The lowest BCUT2D eigenvalue weighted by molar-refractivity contribution is 0.0950. The number of aryl methyl sites for hydroxylation is 1. The van der Waals surface area contributed by atoms with Crippen molar-refractivity contribution in [1.82, 2.24) is 5.32 Å². The van der Waals surface area contributed by atoms with Crippen molar-refractivity contribution in [3.05, 3.63) is 70.5 Å². The highest BCUT2D eigenvalue weighted by Crippen LogP contribution is 2.15. The van der Waals surface area contributed by atoms with Crippen LogP contribution in [0.2, 0.25) is 0 Å². The fourth-order valence-corrected chi connectivity index (χ4v) is 1.77. The van der Waals surface area contributed by atoms with E-state index in [2.05, 4.69) is 5.32 Å². The van der Waals surface area contributed by atoms with E-state index in [0.29, 0.717) is 5.56 Å². The van der Waals surface area contributed by atoms with Crippen molar-refractivity contribution in [1.29, 1.82) is 0 Å². The second-order valence-corrected chi connectivity index (χ2v) is 4.39. The normalized spacial score (nSPS) is 10.4. The molecule has 0 unspecified atom stereocenters. The van der Waals surface area contributed by atoms with E-state index in [1.807, 2.05) is 13.0 Å². The number of halogens is 3. The Morgan fingerprint density at radius 1 is 1.10 bits per heavy atom. The molecule has 0 aliphatic heterocycles. The summed E-state index contributed by atoms with van der Waals surface area (Å²) in [5.41, 5.74) is 1.23. The molecule has 0 saturated heterocycles. The SMILES string of the molecule is Cc1cccc(C(=O)NCc2ccc(F)c(F)c2F)c1. The molecular weight excluding hydrogens is 267 g/mol. The second-order valence-electron chi connectivity index (χ2n) is 4.39. The number of hydrogen-bond acceptors (Lipinski definition) is 1. The first-order valence-electron chi connectivity index (χ1n) is 5.96. The summed E-state index contributed by atoms with van der Waals surface area (Å²) >= 11 is 0. The molecule has 5 heteroatoms. The van der Waals surface area contributed by atoms with Gasteiger partial charge < -0.3 is 5.32 Å². The second kappa shape index (κ2) is 5.77. The zero-order valence-electron chi connectivity index (χ0n) is 10.7. The van der Waals surface area contributed by atoms with Gasteiger partial charge in [-0.2, -0.15) is 0 Å². The van der Waals surface area contributed by atoms with Crippen LogP contribution in [0.5, 0.6) is 0 Å². The molecule has 0 atom stereocenters.